The standard InChI is InChI=1S/C20H16ClF3N4O4/c1-10-4-5-11(2)15(6-10)32-14-8-12(7-13(9-14)28(30)31)25-19(29)17-16(21)18(20(22,23)24)27(3)26-17/h4-9H,1-3H3,(H,25,29). The van der Waals surface area contributed by atoms with Crippen molar-refractivity contribution in [3.8, 4) is 11.5 Å². The van der Waals surface area contributed by atoms with E-state index in [0.29, 0.717) is 10.4 Å². The van der Waals surface area contributed by atoms with Gasteiger partial charge in [0.05, 0.1) is 16.7 Å². The molecule has 0 aliphatic heterocycles. The zero-order chi connectivity index (χ0) is 23.8. The third kappa shape index (κ3) is 4.83. The number of hydrogen-bond acceptors (Lipinski definition) is 5. The van der Waals surface area contributed by atoms with E-state index in [0.717, 1.165) is 30.3 Å². The summed E-state index contributed by atoms with van der Waals surface area (Å²) in [5.41, 5.74) is -0.777. The van der Waals surface area contributed by atoms with Crippen LogP contribution in [-0.2, 0) is 13.2 Å². The van der Waals surface area contributed by atoms with Gasteiger partial charge in [0.15, 0.2) is 11.4 Å². The molecule has 0 radical (unpaired) electrons. The van der Waals surface area contributed by atoms with Gasteiger partial charge < -0.3 is 10.1 Å². The van der Waals surface area contributed by atoms with Crippen LogP contribution in [0.5, 0.6) is 11.5 Å². The molecule has 8 nitrogen and oxygen atoms in total. The second kappa shape index (κ2) is 8.50. The summed E-state index contributed by atoms with van der Waals surface area (Å²) in [6, 6.07) is 8.91. The number of rotatable bonds is 5. The number of nitrogens with zero attached hydrogens (tertiary/aromatic N) is 3. The number of anilines is 1. The highest BCUT2D eigenvalue weighted by atomic mass is 35.5. The van der Waals surface area contributed by atoms with Crippen molar-refractivity contribution in [1.29, 1.82) is 0 Å². The number of halogens is 4. The Labute approximate surface area is 184 Å². The van der Waals surface area contributed by atoms with E-state index >= 15 is 0 Å². The van der Waals surface area contributed by atoms with Crippen molar-refractivity contribution in [3.05, 3.63) is 74.0 Å². The molecule has 0 unspecified atom stereocenters. The number of non-ortho nitro benzene ring substituents is 1. The fraction of sp³-hybridized carbons (Fsp3) is 0.200. The van der Waals surface area contributed by atoms with E-state index < -0.39 is 39.1 Å². The SMILES string of the molecule is Cc1ccc(C)c(Oc2cc(NC(=O)c3nn(C)c(C(F)(F)F)c3Cl)cc([N+](=O)[O-])c2)c1. The van der Waals surface area contributed by atoms with E-state index in [9.17, 15) is 28.1 Å². The van der Waals surface area contributed by atoms with Crippen LogP contribution in [0.25, 0.3) is 0 Å². The highest BCUT2D eigenvalue weighted by Crippen LogP contribution is 2.37. The Hall–Kier alpha value is -3.60. The highest BCUT2D eigenvalue weighted by Gasteiger charge is 2.40. The summed E-state index contributed by atoms with van der Waals surface area (Å²) < 4.78 is 45.5. The number of benzene rings is 2. The van der Waals surface area contributed by atoms with Crippen molar-refractivity contribution in [1.82, 2.24) is 9.78 Å². The van der Waals surface area contributed by atoms with Gasteiger partial charge in [-0.05, 0) is 31.0 Å². The third-order valence-electron chi connectivity index (χ3n) is 4.40. The molecule has 32 heavy (non-hydrogen) atoms. The van der Waals surface area contributed by atoms with Gasteiger partial charge in [-0.2, -0.15) is 18.3 Å². The summed E-state index contributed by atoms with van der Waals surface area (Å²) in [5.74, 6) is -0.573. The maximum atomic E-state index is 13.1. The quantitative estimate of drug-likeness (QED) is 0.384. The molecule has 1 N–H and O–H groups in total. The Balaban J connectivity index is 1.95. The lowest BCUT2D eigenvalue weighted by atomic mass is 10.1. The number of nitrogens with one attached hydrogen (secondary N) is 1. The third-order valence-corrected chi connectivity index (χ3v) is 4.76. The number of aromatic nitrogens is 2. The molecule has 1 aromatic heterocycles. The van der Waals surface area contributed by atoms with Gasteiger partial charge in [0, 0.05) is 19.2 Å². The molecule has 0 saturated carbocycles. The van der Waals surface area contributed by atoms with E-state index in [2.05, 4.69) is 10.4 Å². The van der Waals surface area contributed by atoms with Gasteiger partial charge in [-0.25, -0.2) is 0 Å². The summed E-state index contributed by atoms with van der Waals surface area (Å²) >= 11 is 5.73. The summed E-state index contributed by atoms with van der Waals surface area (Å²) in [5, 5.41) is 16.3. The van der Waals surface area contributed by atoms with Gasteiger partial charge in [-0.1, -0.05) is 23.7 Å². The maximum absolute atomic E-state index is 13.1. The molecule has 3 aromatic rings. The average molecular weight is 469 g/mol. The lowest BCUT2D eigenvalue weighted by Gasteiger charge is -2.11. The first-order valence-electron chi connectivity index (χ1n) is 9.02. The van der Waals surface area contributed by atoms with Crippen LogP contribution in [0.4, 0.5) is 24.5 Å². The number of nitro benzene ring substituents is 1. The van der Waals surface area contributed by atoms with Gasteiger partial charge in [0.2, 0.25) is 0 Å². The second-order valence-electron chi connectivity index (χ2n) is 6.93. The number of alkyl halides is 3. The zero-order valence-electron chi connectivity index (χ0n) is 17.0. The first kappa shape index (κ1) is 23.1. The molecule has 0 aliphatic carbocycles. The van der Waals surface area contributed by atoms with Crippen LogP contribution in [0.2, 0.25) is 5.02 Å². The van der Waals surface area contributed by atoms with Crippen molar-refractivity contribution in [2.75, 3.05) is 5.32 Å². The van der Waals surface area contributed by atoms with Crippen LogP contribution in [0.1, 0.15) is 27.3 Å². The van der Waals surface area contributed by atoms with Gasteiger partial charge in [-0.15, -0.1) is 0 Å². The number of ether oxygens (including phenoxy) is 1. The maximum Gasteiger partial charge on any atom is 0.434 e. The number of hydrogen-bond donors (Lipinski definition) is 1. The minimum atomic E-state index is -4.82. The molecule has 1 heterocycles. The zero-order valence-corrected chi connectivity index (χ0v) is 17.7. The molecule has 168 valence electrons. The molecule has 0 fully saturated rings. The lowest BCUT2D eigenvalue weighted by Crippen LogP contribution is -2.13. The smallest absolute Gasteiger partial charge is 0.434 e. The van der Waals surface area contributed by atoms with E-state index in [1.807, 2.05) is 19.1 Å². The molecule has 1 amide bonds. The average Bonchev–Trinajstić information content (AvgIpc) is 2.99. The topological polar surface area (TPSA) is 99.3 Å². The predicted molar refractivity (Wildman–Crippen MR) is 110 cm³/mol. The molecule has 12 heteroatoms. The largest absolute Gasteiger partial charge is 0.457 e. The minimum Gasteiger partial charge on any atom is -0.457 e. The van der Waals surface area contributed by atoms with E-state index in [1.54, 1.807) is 13.0 Å². The van der Waals surface area contributed by atoms with E-state index in [4.69, 9.17) is 16.3 Å². The second-order valence-corrected chi connectivity index (χ2v) is 7.31. The first-order valence-corrected chi connectivity index (χ1v) is 9.40. The molecular formula is C20H16ClF3N4O4. The monoisotopic (exact) mass is 468 g/mol. The van der Waals surface area contributed by atoms with Gasteiger partial charge in [0.1, 0.15) is 16.5 Å². The number of carbonyl (C=O) groups excluding carboxylic acids is 1. The van der Waals surface area contributed by atoms with Crippen LogP contribution in [0, 0.1) is 24.0 Å². The van der Waals surface area contributed by atoms with Crippen LogP contribution in [0.15, 0.2) is 36.4 Å². The van der Waals surface area contributed by atoms with Crippen LogP contribution < -0.4 is 10.1 Å². The van der Waals surface area contributed by atoms with E-state index in [-0.39, 0.29) is 11.4 Å². The highest BCUT2D eigenvalue weighted by molar-refractivity contribution is 6.34. The fourth-order valence-electron chi connectivity index (χ4n) is 2.91. The summed E-state index contributed by atoms with van der Waals surface area (Å²) in [6.45, 7) is 3.63. The number of carbonyl (C=O) groups is 1. The summed E-state index contributed by atoms with van der Waals surface area (Å²) in [6.07, 6.45) is -4.82. The van der Waals surface area contributed by atoms with Crippen molar-refractivity contribution in [2.24, 2.45) is 7.05 Å². The first-order chi connectivity index (χ1) is 14.9. The molecule has 0 bridgehead atoms. The fourth-order valence-corrected chi connectivity index (χ4v) is 3.26. The molecule has 3 rings (SSSR count). The molecule has 0 atom stereocenters. The Bertz CT molecular complexity index is 1220. The van der Waals surface area contributed by atoms with Crippen molar-refractivity contribution in [2.45, 2.75) is 20.0 Å². The number of amides is 1. The van der Waals surface area contributed by atoms with Gasteiger partial charge in [0.25, 0.3) is 11.6 Å². The van der Waals surface area contributed by atoms with Crippen molar-refractivity contribution in [3.63, 3.8) is 0 Å². The Morgan fingerprint density at radius 3 is 2.50 bits per heavy atom. The Kier molecular flexibility index (Phi) is 6.13. The van der Waals surface area contributed by atoms with Crippen molar-refractivity contribution < 1.29 is 27.6 Å². The summed E-state index contributed by atoms with van der Waals surface area (Å²) in [4.78, 5) is 23.2. The summed E-state index contributed by atoms with van der Waals surface area (Å²) in [7, 11) is 0.995. The predicted octanol–water partition coefficient (Wildman–Crippen LogP) is 5.66. The molecule has 0 saturated heterocycles. The van der Waals surface area contributed by atoms with Gasteiger partial charge >= 0.3 is 6.18 Å². The Morgan fingerprint density at radius 1 is 1.22 bits per heavy atom. The molecule has 0 spiro atoms. The van der Waals surface area contributed by atoms with Crippen molar-refractivity contribution >= 4 is 28.9 Å². The van der Waals surface area contributed by atoms with E-state index in [1.165, 1.54) is 6.07 Å². The van der Waals surface area contributed by atoms with Crippen LogP contribution >= 0.6 is 11.6 Å². The number of nitro groups is 1. The van der Waals surface area contributed by atoms with Gasteiger partial charge in [-0.3, -0.25) is 19.6 Å². The molecular weight excluding hydrogens is 453 g/mol. The molecule has 2 aromatic carbocycles. The minimum absolute atomic E-state index is 0.0475. The normalized spacial score (nSPS) is 11.3. The molecule has 0 aliphatic rings. The van der Waals surface area contributed by atoms with Crippen LogP contribution in [-0.4, -0.2) is 20.6 Å². The number of aryl methyl sites for hydroxylation is 3. The van der Waals surface area contributed by atoms with Crippen LogP contribution in [0.3, 0.4) is 0 Å². The Morgan fingerprint density at radius 2 is 1.91 bits per heavy atom. The lowest BCUT2D eigenvalue weighted by molar-refractivity contribution is -0.384.